The normalized spacial score (nSPS) is 25.4. The van der Waals surface area contributed by atoms with Crippen molar-refractivity contribution in [2.45, 2.75) is 77.3 Å². The Morgan fingerprint density at radius 2 is 1.64 bits per heavy atom. The molecule has 2 amide bonds. The molecule has 0 spiro atoms. The first-order valence-corrected chi connectivity index (χ1v) is 10.4. The van der Waals surface area contributed by atoms with Gasteiger partial charge >= 0.3 is 0 Å². The van der Waals surface area contributed by atoms with Gasteiger partial charge in [-0.2, -0.15) is 0 Å². The third-order valence-electron chi connectivity index (χ3n) is 6.59. The largest absolute Gasteiger partial charge is 0.352 e. The minimum Gasteiger partial charge on any atom is -0.352 e. The van der Waals surface area contributed by atoms with Crippen LogP contribution in [0.25, 0.3) is 0 Å². The van der Waals surface area contributed by atoms with E-state index in [0.29, 0.717) is 11.8 Å². The van der Waals surface area contributed by atoms with Crippen molar-refractivity contribution < 1.29 is 9.59 Å². The molecule has 1 saturated heterocycles. The van der Waals surface area contributed by atoms with Crippen LogP contribution >= 0.6 is 0 Å². The third kappa shape index (κ3) is 4.36. The fraction of sp³-hybridized carbons (Fsp3) is 0.900. The first kappa shape index (κ1) is 18.7. The van der Waals surface area contributed by atoms with Crippen molar-refractivity contribution in [1.29, 1.82) is 0 Å². The Balaban J connectivity index is 1.59. The van der Waals surface area contributed by atoms with Gasteiger partial charge in [0, 0.05) is 38.1 Å². The molecule has 2 aliphatic carbocycles. The quantitative estimate of drug-likeness (QED) is 0.801. The summed E-state index contributed by atoms with van der Waals surface area (Å²) in [5.41, 5.74) is 0. The molecule has 25 heavy (non-hydrogen) atoms. The third-order valence-corrected chi connectivity index (χ3v) is 6.59. The number of piperazine rings is 1. The van der Waals surface area contributed by atoms with Gasteiger partial charge in [0.25, 0.3) is 0 Å². The van der Waals surface area contributed by atoms with Gasteiger partial charge in [0.15, 0.2) is 0 Å². The van der Waals surface area contributed by atoms with Gasteiger partial charge in [-0.15, -0.1) is 0 Å². The van der Waals surface area contributed by atoms with E-state index in [2.05, 4.69) is 24.1 Å². The molecule has 0 aromatic rings. The average molecular weight is 350 g/mol. The van der Waals surface area contributed by atoms with Gasteiger partial charge in [-0.3, -0.25) is 14.5 Å². The van der Waals surface area contributed by atoms with E-state index in [-0.39, 0.29) is 23.9 Å². The number of carbonyl (C=O) groups excluding carboxylic acids is 2. The van der Waals surface area contributed by atoms with Crippen LogP contribution in [0.1, 0.15) is 65.2 Å². The molecule has 0 aromatic carbocycles. The van der Waals surface area contributed by atoms with E-state index in [9.17, 15) is 9.59 Å². The molecule has 1 N–H and O–H groups in total. The van der Waals surface area contributed by atoms with E-state index in [0.717, 1.165) is 45.4 Å². The van der Waals surface area contributed by atoms with Crippen molar-refractivity contribution in [3.63, 3.8) is 0 Å². The highest BCUT2D eigenvalue weighted by Gasteiger charge is 2.38. The lowest BCUT2D eigenvalue weighted by Gasteiger charge is -2.42. The van der Waals surface area contributed by atoms with Crippen LogP contribution < -0.4 is 5.32 Å². The molecule has 3 fully saturated rings. The topological polar surface area (TPSA) is 52.7 Å². The number of nitrogens with zero attached hydrogens (tertiary/aromatic N) is 2. The fourth-order valence-electron chi connectivity index (χ4n) is 4.52. The predicted octanol–water partition coefficient (Wildman–Crippen LogP) is 2.40. The van der Waals surface area contributed by atoms with Gasteiger partial charge in [0.2, 0.25) is 11.8 Å². The molecule has 1 heterocycles. The Morgan fingerprint density at radius 1 is 1.00 bits per heavy atom. The van der Waals surface area contributed by atoms with Crippen LogP contribution in [0.4, 0.5) is 0 Å². The Kier molecular flexibility index (Phi) is 6.37. The number of nitrogens with one attached hydrogen (secondary N) is 1. The highest BCUT2D eigenvalue weighted by atomic mass is 16.2. The Morgan fingerprint density at radius 3 is 2.16 bits per heavy atom. The number of amides is 2. The fourth-order valence-corrected chi connectivity index (χ4v) is 4.52. The summed E-state index contributed by atoms with van der Waals surface area (Å²) in [5.74, 6) is 1.33. The first-order chi connectivity index (χ1) is 12.1. The zero-order valence-corrected chi connectivity index (χ0v) is 16.0. The smallest absolute Gasteiger partial charge is 0.237 e. The highest BCUT2D eigenvalue weighted by Crippen LogP contribution is 2.32. The lowest BCUT2D eigenvalue weighted by molar-refractivity contribution is -0.141. The minimum atomic E-state index is -0.00236. The Hall–Kier alpha value is -1.10. The molecular formula is C20H35N3O2. The van der Waals surface area contributed by atoms with Crippen molar-refractivity contribution in [2.24, 2.45) is 11.8 Å². The second-order valence-electron chi connectivity index (χ2n) is 8.30. The molecule has 1 aliphatic heterocycles. The summed E-state index contributed by atoms with van der Waals surface area (Å²) in [7, 11) is 0. The Labute approximate surface area is 152 Å². The number of hydrogen-bond acceptors (Lipinski definition) is 3. The van der Waals surface area contributed by atoms with Crippen molar-refractivity contribution in [1.82, 2.24) is 15.1 Å². The molecule has 0 aromatic heterocycles. The highest BCUT2D eigenvalue weighted by molar-refractivity contribution is 5.82. The number of rotatable bonds is 6. The molecule has 5 nitrogen and oxygen atoms in total. The first-order valence-electron chi connectivity index (χ1n) is 10.4. The maximum absolute atomic E-state index is 12.9. The maximum atomic E-state index is 12.9. The standard InChI is InChI=1S/C20H35N3O2/c1-3-15(2)21-19(24)18(16-7-4-5-8-16)22-11-13-23(14-12-22)20(25)17-9-6-10-17/h15-18H,3-14H2,1-2H3,(H,21,24). The van der Waals surface area contributed by atoms with Crippen LogP contribution in [-0.4, -0.2) is 59.9 Å². The molecule has 2 saturated carbocycles. The summed E-state index contributed by atoms with van der Waals surface area (Å²) in [5, 5.41) is 3.21. The van der Waals surface area contributed by atoms with E-state index in [1.807, 2.05) is 4.90 Å². The summed E-state index contributed by atoms with van der Waals surface area (Å²) in [6.45, 7) is 7.45. The van der Waals surface area contributed by atoms with Gasteiger partial charge in [-0.25, -0.2) is 0 Å². The molecule has 3 rings (SSSR count). The summed E-state index contributed by atoms with van der Waals surface area (Å²) in [6, 6.07) is 0.232. The molecule has 0 bridgehead atoms. The van der Waals surface area contributed by atoms with Crippen LogP contribution in [0.15, 0.2) is 0 Å². The van der Waals surface area contributed by atoms with Crippen LogP contribution in [0, 0.1) is 11.8 Å². The SMILES string of the molecule is CCC(C)NC(=O)C(C1CCCC1)N1CCN(C(=O)C2CCC2)CC1. The molecule has 142 valence electrons. The van der Waals surface area contributed by atoms with Gasteiger partial charge in [-0.05, 0) is 44.9 Å². The summed E-state index contributed by atoms with van der Waals surface area (Å²) >= 11 is 0. The van der Waals surface area contributed by atoms with Crippen LogP contribution in [0.3, 0.4) is 0 Å². The number of hydrogen-bond donors (Lipinski definition) is 1. The lowest BCUT2D eigenvalue weighted by atomic mass is 9.84. The maximum Gasteiger partial charge on any atom is 0.237 e. The van der Waals surface area contributed by atoms with Crippen molar-refractivity contribution in [2.75, 3.05) is 26.2 Å². The lowest BCUT2D eigenvalue weighted by Crippen LogP contribution is -2.59. The average Bonchev–Trinajstić information content (AvgIpc) is 3.08. The Bertz CT molecular complexity index is 464. The monoisotopic (exact) mass is 349 g/mol. The van der Waals surface area contributed by atoms with Crippen LogP contribution in [0.5, 0.6) is 0 Å². The van der Waals surface area contributed by atoms with Gasteiger partial charge in [-0.1, -0.05) is 26.2 Å². The van der Waals surface area contributed by atoms with Crippen molar-refractivity contribution in [3.05, 3.63) is 0 Å². The van der Waals surface area contributed by atoms with E-state index in [1.165, 1.54) is 32.1 Å². The minimum absolute atomic E-state index is 0.00236. The molecule has 0 radical (unpaired) electrons. The van der Waals surface area contributed by atoms with Gasteiger partial charge in [0.05, 0.1) is 6.04 Å². The van der Waals surface area contributed by atoms with E-state index in [1.54, 1.807) is 0 Å². The van der Waals surface area contributed by atoms with E-state index < -0.39 is 0 Å². The van der Waals surface area contributed by atoms with Crippen LogP contribution in [0.2, 0.25) is 0 Å². The van der Waals surface area contributed by atoms with Crippen molar-refractivity contribution in [3.8, 4) is 0 Å². The summed E-state index contributed by atoms with van der Waals surface area (Å²) < 4.78 is 0. The summed E-state index contributed by atoms with van der Waals surface area (Å²) in [6.07, 6.45) is 9.14. The van der Waals surface area contributed by atoms with Gasteiger partial charge < -0.3 is 10.2 Å². The molecule has 3 aliphatic rings. The van der Waals surface area contributed by atoms with Crippen LogP contribution in [-0.2, 0) is 9.59 Å². The molecule has 5 heteroatoms. The van der Waals surface area contributed by atoms with E-state index in [4.69, 9.17) is 0 Å². The predicted molar refractivity (Wildman–Crippen MR) is 99.1 cm³/mol. The second kappa shape index (κ2) is 8.52. The molecular weight excluding hydrogens is 314 g/mol. The van der Waals surface area contributed by atoms with E-state index >= 15 is 0 Å². The summed E-state index contributed by atoms with van der Waals surface area (Å²) in [4.78, 5) is 29.8. The second-order valence-corrected chi connectivity index (χ2v) is 8.30. The molecule has 2 atom stereocenters. The van der Waals surface area contributed by atoms with Gasteiger partial charge in [0.1, 0.15) is 0 Å². The zero-order chi connectivity index (χ0) is 17.8. The van der Waals surface area contributed by atoms with Crippen molar-refractivity contribution >= 4 is 11.8 Å². The number of carbonyl (C=O) groups is 2. The molecule has 2 unspecified atom stereocenters. The zero-order valence-electron chi connectivity index (χ0n) is 16.0.